The Morgan fingerprint density at radius 3 is 2.61 bits per heavy atom. The van der Waals surface area contributed by atoms with Crippen LogP contribution in [0.3, 0.4) is 0 Å². The van der Waals surface area contributed by atoms with Gasteiger partial charge in [0.2, 0.25) is 0 Å². The molecule has 0 saturated carbocycles. The zero-order valence-corrected chi connectivity index (χ0v) is 24.1. The van der Waals surface area contributed by atoms with E-state index < -0.39 is 15.8 Å². The number of anilines is 2. The van der Waals surface area contributed by atoms with E-state index in [9.17, 15) is 8.42 Å². The van der Waals surface area contributed by atoms with E-state index in [-0.39, 0.29) is 16.8 Å². The Labute approximate surface area is 238 Å². The highest BCUT2D eigenvalue weighted by Crippen LogP contribution is 2.40. The van der Waals surface area contributed by atoms with Gasteiger partial charge < -0.3 is 15.8 Å². The largest absolute Gasteiger partial charge is 0.383 e. The van der Waals surface area contributed by atoms with Gasteiger partial charge in [0.1, 0.15) is 17.3 Å². The molecule has 41 heavy (non-hydrogen) atoms. The molecule has 1 saturated heterocycles. The van der Waals surface area contributed by atoms with Gasteiger partial charge in [-0.15, -0.1) is 0 Å². The van der Waals surface area contributed by atoms with Gasteiger partial charge in [-0.1, -0.05) is 12.1 Å². The summed E-state index contributed by atoms with van der Waals surface area (Å²) < 4.78 is 50.3. The minimum Gasteiger partial charge on any atom is -0.383 e. The molecular weight excluding hydrogens is 545 g/mol. The maximum atomic E-state index is 15.3. The van der Waals surface area contributed by atoms with Gasteiger partial charge in [0.25, 0.3) is 10.0 Å². The lowest BCUT2D eigenvalue weighted by Crippen LogP contribution is -2.50. The molecule has 3 aliphatic rings. The number of fused-ring (bicyclic) bond motifs is 1. The maximum absolute atomic E-state index is 15.3. The van der Waals surface area contributed by atoms with Crippen molar-refractivity contribution >= 4 is 43.7 Å². The Bertz CT molecular complexity index is 1720. The van der Waals surface area contributed by atoms with Crippen LogP contribution in [0.4, 0.5) is 15.9 Å². The SMILES string of the molecule is CC1=NC(S(=O)(=O)Nc2ccc(-c3nn(C(C)C)c4c(C5=CCC(NC6COC6)CC5)cnc(N)c34)cc2F)=CC1. The first-order chi connectivity index (χ1) is 19.6. The standard InChI is InChI=1S/C29H34FN7O3S/c1-16(2)37-28-22(18-5-8-20(9-6-18)34-21-14-40-15-21)13-32-29(31)26(28)27(35-37)19-7-10-24(23(30)12-19)36-41(38,39)25-11-4-17(3)33-25/h5,7,10-13,16,20-21,34,36H,4,6,8-9,14-15H2,1-3H3,(H2,31,32). The molecule has 2 aromatic heterocycles. The van der Waals surface area contributed by atoms with Crippen LogP contribution >= 0.6 is 0 Å². The fourth-order valence-corrected chi connectivity index (χ4v) is 6.67. The number of benzene rings is 1. The average Bonchev–Trinajstić information content (AvgIpc) is 3.54. The quantitative estimate of drug-likeness (QED) is 0.350. The maximum Gasteiger partial charge on any atom is 0.279 e. The van der Waals surface area contributed by atoms with Gasteiger partial charge in [-0.05, 0) is 63.8 Å². The Hall–Kier alpha value is -3.61. The van der Waals surface area contributed by atoms with Crippen molar-refractivity contribution in [3.63, 3.8) is 0 Å². The van der Waals surface area contributed by atoms with E-state index in [4.69, 9.17) is 15.6 Å². The summed E-state index contributed by atoms with van der Waals surface area (Å²) in [6.07, 6.45) is 8.81. The van der Waals surface area contributed by atoms with Crippen molar-refractivity contribution in [2.75, 3.05) is 23.7 Å². The van der Waals surface area contributed by atoms with Gasteiger partial charge in [-0.2, -0.15) is 13.5 Å². The zero-order valence-electron chi connectivity index (χ0n) is 23.3. The molecule has 0 spiro atoms. The van der Waals surface area contributed by atoms with E-state index in [1.165, 1.54) is 23.8 Å². The number of aliphatic imine (C=N–C) groups is 1. The first-order valence-electron chi connectivity index (χ1n) is 13.9. The number of sulfonamides is 1. The number of hydrogen-bond acceptors (Lipinski definition) is 8. The fraction of sp³-hybridized carbons (Fsp3) is 0.414. The third-order valence-corrected chi connectivity index (χ3v) is 9.04. The molecule has 2 aliphatic heterocycles. The van der Waals surface area contributed by atoms with E-state index in [2.05, 4.69) is 26.1 Å². The second-order valence-corrected chi connectivity index (χ2v) is 12.8. The molecule has 1 aliphatic carbocycles. The first-order valence-corrected chi connectivity index (χ1v) is 15.4. The molecule has 0 bridgehead atoms. The Morgan fingerprint density at radius 2 is 2.00 bits per heavy atom. The van der Waals surface area contributed by atoms with Crippen molar-refractivity contribution in [1.29, 1.82) is 0 Å². The Morgan fingerprint density at radius 1 is 1.20 bits per heavy atom. The van der Waals surface area contributed by atoms with Crippen LogP contribution in [0.2, 0.25) is 0 Å². The molecule has 4 heterocycles. The highest BCUT2D eigenvalue weighted by molar-refractivity contribution is 7.96. The summed E-state index contributed by atoms with van der Waals surface area (Å²) in [5.41, 5.74) is 10.9. The van der Waals surface area contributed by atoms with Crippen molar-refractivity contribution in [1.82, 2.24) is 20.1 Å². The number of pyridine rings is 1. The molecule has 1 aromatic carbocycles. The van der Waals surface area contributed by atoms with Crippen molar-refractivity contribution < 1.29 is 17.5 Å². The molecule has 3 aromatic rings. The summed E-state index contributed by atoms with van der Waals surface area (Å²) in [4.78, 5) is 8.56. The summed E-state index contributed by atoms with van der Waals surface area (Å²) in [5, 5.41) is 9.08. The topological polar surface area (TPSA) is 137 Å². The zero-order chi connectivity index (χ0) is 28.9. The van der Waals surface area contributed by atoms with E-state index in [0.717, 1.165) is 43.6 Å². The Kier molecular flexibility index (Phi) is 7.16. The summed E-state index contributed by atoms with van der Waals surface area (Å²) in [7, 11) is -4.00. The smallest absolute Gasteiger partial charge is 0.279 e. The normalized spacial score (nSPS) is 19.7. The van der Waals surface area contributed by atoms with E-state index in [0.29, 0.717) is 46.7 Å². The number of nitrogens with zero attached hydrogens (tertiary/aromatic N) is 4. The summed E-state index contributed by atoms with van der Waals surface area (Å²) in [6.45, 7) is 7.35. The van der Waals surface area contributed by atoms with Gasteiger partial charge in [-0.25, -0.2) is 14.4 Å². The molecule has 0 amide bonds. The van der Waals surface area contributed by atoms with Gasteiger partial charge in [-0.3, -0.25) is 9.40 Å². The number of halogens is 1. The third kappa shape index (κ3) is 5.27. The molecule has 6 rings (SSSR count). The molecule has 216 valence electrons. The van der Waals surface area contributed by atoms with Crippen LogP contribution in [-0.4, -0.2) is 54.2 Å². The monoisotopic (exact) mass is 579 g/mol. The van der Waals surface area contributed by atoms with Crippen molar-refractivity contribution in [2.45, 2.75) is 64.6 Å². The highest BCUT2D eigenvalue weighted by atomic mass is 32.2. The van der Waals surface area contributed by atoms with E-state index in [1.54, 1.807) is 13.0 Å². The second kappa shape index (κ2) is 10.7. The summed E-state index contributed by atoms with van der Waals surface area (Å²) in [6, 6.07) is 5.15. The summed E-state index contributed by atoms with van der Waals surface area (Å²) in [5.74, 6) is -0.427. The van der Waals surface area contributed by atoms with Crippen LogP contribution in [0.1, 0.15) is 58.1 Å². The predicted molar refractivity (Wildman–Crippen MR) is 159 cm³/mol. The number of nitrogen functional groups attached to an aromatic ring is 1. The molecule has 1 atom stereocenters. The van der Waals surface area contributed by atoms with Crippen LogP contribution in [-0.2, 0) is 14.8 Å². The third-order valence-electron chi connectivity index (χ3n) is 7.75. The van der Waals surface area contributed by atoms with Crippen molar-refractivity contribution in [2.24, 2.45) is 4.99 Å². The van der Waals surface area contributed by atoms with Crippen LogP contribution < -0.4 is 15.8 Å². The average molecular weight is 580 g/mol. The number of aromatic nitrogens is 3. The first kappa shape index (κ1) is 27.6. The predicted octanol–water partition coefficient (Wildman–Crippen LogP) is 4.77. The molecule has 12 heteroatoms. The summed E-state index contributed by atoms with van der Waals surface area (Å²) >= 11 is 0. The van der Waals surface area contributed by atoms with Crippen LogP contribution in [0, 0.1) is 5.82 Å². The van der Waals surface area contributed by atoms with E-state index >= 15 is 4.39 Å². The lowest BCUT2D eigenvalue weighted by molar-refractivity contribution is -0.0103. The lowest BCUT2D eigenvalue weighted by atomic mass is 9.89. The van der Waals surface area contributed by atoms with Crippen molar-refractivity contribution in [3.8, 4) is 11.3 Å². The van der Waals surface area contributed by atoms with Crippen LogP contribution in [0.5, 0.6) is 0 Å². The van der Waals surface area contributed by atoms with Gasteiger partial charge in [0.15, 0.2) is 5.03 Å². The van der Waals surface area contributed by atoms with Gasteiger partial charge in [0.05, 0.1) is 35.8 Å². The number of rotatable bonds is 8. The molecule has 1 unspecified atom stereocenters. The molecular formula is C29H34FN7O3S. The molecule has 10 nitrogen and oxygen atoms in total. The molecule has 1 fully saturated rings. The van der Waals surface area contributed by atoms with Crippen LogP contribution in [0.15, 0.2) is 46.6 Å². The van der Waals surface area contributed by atoms with Crippen molar-refractivity contribution in [3.05, 3.63) is 53.0 Å². The van der Waals surface area contributed by atoms with E-state index in [1.807, 2.05) is 24.7 Å². The number of nitrogens with one attached hydrogen (secondary N) is 2. The second-order valence-electron chi connectivity index (χ2n) is 11.2. The lowest BCUT2D eigenvalue weighted by Gasteiger charge is -2.33. The van der Waals surface area contributed by atoms with Crippen LogP contribution in [0.25, 0.3) is 27.7 Å². The number of ether oxygens (including phenoxy) is 1. The van der Waals surface area contributed by atoms with Gasteiger partial charge >= 0.3 is 0 Å². The minimum absolute atomic E-state index is 0.00338. The number of hydrogen-bond donors (Lipinski definition) is 3. The highest BCUT2D eigenvalue weighted by Gasteiger charge is 2.27. The van der Waals surface area contributed by atoms with Gasteiger partial charge in [0, 0.05) is 41.5 Å². The minimum atomic E-state index is -4.00. The molecule has 4 N–H and O–H groups in total. The Balaban J connectivity index is 1.35. The molecule has 0 radical (unpaired) electrons. The number of allylic oxidation sites excluding steroid dienone is 2. The fourth-order valence-electron chi connectivity index (χ4n) is 5.53. The number of nitrogens with two attached hydrogens (primary N) is 1.